The number of ether oxygens (including phenoxy) is 1. The molecule has 0 aliphatic carbocycles. The summed E-state index contributed by atoms with van der Waals surface area (Å²) in [7, 11) is 0. The zero-order chi connectivity index (χ0) is 24.5. The van der Waals surface area contributed by atoms with E-state index >= 15 is 0 Å². The van der Waals surface area contributed by atoms with Gasteiger partial charge in [-0.3, -0.25) is 4.90 Å². The smallest absolute Gasteiger partial charge is 0.430 e. The molecular weight excluding hydrogens is 446 g/mol. The van der Waals surface area contributed by atoms with Crippen LogP contribution in [-0.4, -0.2) is 76.3 Å². The first-order chi connectivity index (χ1) is 14.5. The van der Waals surface area contributed by atoms with Gasteiger partial charge in [-0.05, 0) is 26.3 Å². The molecule has 1 amide bonds. The van der Waals surface area contributed by atoms with Crippen molar-refractivity contribution in [3.05, 3.63) is 35.4 Å². The fraction of sp³-hybridized carbons (Fsp3) is 0.650. The summed E-state index contributed by atoms with van der Waals surface area (Å²) < 4.78 is 83.4. The molecule has 2 N–H and O–H groups in total. The average molecular weight is 472 g/mol. The number of benzene rings is 1. The van der Waals surface area contributed by atoms with Gasteiger partial charge in [0.15, 0.2) is 0 Å². The molecule has 1 unspecified atom stereocenters. The number of alkyl halides is 6. The summed E-state index contributed by atoms with van der Waals surface area (Å²) in [6, 6.07) is 2.79. The van der Waals surface area contributed by atoms with Gasteiger partial charge in [0.1, 0.15) is 5.60 Å². The molecule has 1 aromatic carbocycles. The SMILES string of the molecule is CC(C)(C)OC(=O)N1CCN(Cc2ccc(C(O)(C(F)(F)F)C(F)(F)F)cc2)C(CO)C1. The summed E-state index contributed by atoms with van der Waals surface area (Å²) in [6.07, 6.45) is -12.4. The predicted molar refractivity (Wildman–Crippen MR) is 102 cm³/mol. The fourth-order valence-corrected chi connectivity index (χ4v) is 3.34. The molecular formula is C20H26F6N2O4. The summed E-state index contributed by atoms with van der Waals surface area (Å²) in [5.41, 5.74) is -6.63. The van der Waals surface area contributed by atoms with E-state index in [2.05, 4.69) is 0 Å². The van der Waals surface area contributed by atoms with E-state index in [0.29, 0.717) is 24.2 Å². The molecule has 1 aliphatic heterocycles. The highest BCUT2D eigenvalue weighted by molar-refractivity contribution is 5.68. The summed E-state index contributed by atoms with van der Waals surface area (Å²) in [4.78, 5) is 15.4. The summed E-state index contributed by atoms with van der Waals surface area (Å²) in [6.45, 7) is 5.66. The second-order valence-electron chi connectivity index (χ2n) is 8.64. The Bertz CT molecular complexity index is 775. The fourth-order valence-electron chi connectivity index (χ4n) is 3.34. The van der Waals surface area contributed by atoms with Gasteiger partial charge < -0.3 is 19.8 Å². The van der Waals surface area contributed by atoms with Gasteiger partial charge in [0, 0.05) is 31.7 Å². The van der Waals surface area contributed by atoms with Crippen LogP contribution in [0.4, 0.5) is 31.1 Å². The Kier molecular flexibility index (Phi) is 7.42. The van der Waals surface area contributed by atoms with Crippen molar-refractivity contribution in [2.45, 2.75) is 56.9 Å². The van der Waals surface area contributed by atoms with Gasteiger partial charge >= 0.3 is 18.4 Å². The number of aliphatic hydroxyl groups is 2. The maximum atomic E-state index is 13.0. The Labute approximate surface area is 181 Å². The van der Waals surface area contributed by atoms with Crippen LogP contribution in [0, 0.1) is 0 Å². The summed E-state index contributed by atoms with van der Waals surface area (Å²) >= 11 is 0. The molecule has 0 radical (unpaired) electrons. The van der Waals surface area contributed by atoms with Crippen molar-refractivity contribution in [1.29, 1.82) is 0 Å². The lowest BCUT2D eigenvalue weighted by Gasteiger charge is -2.41. The lowest BCUT2D eigenvalue weighted by Crippen LogP contribution is -2.56. The molecule has 0 saturated carbocycles. The van der Waals surface area contributed by atoms with Crippen molar-refractivity contribution in [1.82, 2.24) is 9.80 Å². The minimum Gasteiger partial charge on any atom is -0.444 e. The first-order valence-electron chi connectivity index (χ1n) is 9.77. The van der Waals surface area contributed by atoms with Crippen LogP contribution in [0.15, 0.2) is 24.3 Å². The van der Waals surface area contributed by atoms with E-state index in [0.717, 1.165) is 12.1 Å². The Morgan fingerprint density at radius 1 is 1.03 bits per heavy atom. The lowest BCUT2D eigenvalue weighted by molar-refractivity contribution is -0.376. The third-order valence-electron chi connectivity index (χ3n) is 5.04. The van der Waals surface area contributed by atoms with E-state index in [1.165, 1.54) is 4.90 Å². The van der Waals surface area contributed by atoms with Crippen LogP contribution < -0.4 is 0 Å². The first-order valence-corrected chi connectivity index (χ1v) is 9.77. The van der Waals surface area contributed by atoms with Gasteiger partial charge in [0.25, 0.3) is 5.60 Å². The Morgan fingerprint density at radius 2 is 1.56 bits per heavy atom. The second-order valence-corrected chi connectivity index (χ2v) is 8.64. The van der Waals surface area contributed by atoms with Crippen LogP contribution in [0.5, 0.6) is 0 Å². The van der Waals surface area contributed by atoms with E-state index in [4.69, 9.17) is 4.74 Å². The van der Waals surface area contributed by atoms with Gasteiger partial charge in [-0.25, -0.2) is 4.79 Å². The normalized spacial score (nSPS) is 19.2. The Morgan fingerprint density at radius 3 is 2.00 bits per heavy atom. The van der Waals surface area contributed by atoms with Gasteiger partial charge in [-0.15, -0.1) is 0 Å². The molecule has 1 heterocycles. The van der Waals surface area contributed by atoms with Crippen molar-refractivity contribution in [2.24, 2.45) is 0 Å². The molecule has 1 aliphatic rings. The monoisotopic (exact) mass is 472 g/mol. The number of carbonyl (C=O) groups is 1. The van der Waals surface area contributed by atoms with Crippen molar-refractivity contribution >= 4 is 6.09 Å². The van der Waals surface area contributed by atoms with Crippen molar-refractivity contribution in [3.8, 4) is 0 Å². The van der Waals surface area contributed by atoms with Gasteiger partial charge in [-0.1, -0.05) is 24.3 Å². The minimum absolute atomic E-state index is 0.115. The maximum Gasteiger partial charge on any atom is 0.430 e. The van der Waals surface area contributed by atoms with Crippen LogP contribution in [0.1, 0.15) is 31.9 Å². The predicted octanol–water partition coefficient (Wildman–Crippen LogP) is 3.41. The number of hydrogen-bond acceptors (Lipinski definition) is 5. The lowest BCUT2D eigenvalue weighted by atomic mass is 9.91. The molecule has 12 heteroatoms. The number of halogens is 6. The van der Waals surface area contributed by atoms with Gasteiger partial charge in [0.05, 0.1) is 12.6 Å². The quantitative estimate of drug-likeness (QED) is 0.658. The van der Waals surface area contributed by atoms with E-state index in [1.54, 1.807) is 25.7 Å². The van der Waals surface area contributed by atoms with Crippen LogP contribution in [-0.2, 0) is 16.9 Å². The highest BCUT2D eigenvalue weighted by Gasteiger charge is 2.71. The van der Waals surface area contributed by atoms with Crippen molar-refractivity contribution in [3.63, 3.8) is 0 Å². The van der Waals surface area contributed by atoms with Crippen LogP contribution >= 0.6 is 0 Å². The molecule has 2 rings (SSSR count). The largest absolute Gasteiger partial charge is 0.444 e. The summed E-state index contributed by atoms with van der Waals surface area (Å²) in [5.74, 6) is 0. The number of hydrogen-bond donors (Lipinski definition) is 2. The number of carbonyl (C=O) groups excluding carboxylic acids is 1. The van der Waals surface area contributed by atoms with Gasteiger partial charge in [0.2, 0.25) is 0 Å². The topological polar surface area (TPSA) is 73.2 Å². The molecule has 32 heavy (non-hydrogen) atoms. The Balaban J connectivity index is 2.13. The maximum absolute atomic E-state index is 13.0. The van der Waals surface area contributed by atoms with Crippen LogP contribution in [0.25, 0.3) is 0 Å². The van der Waals surface area contributed by atoms with E-state index in [9.17, 15) is 41.4 Å². The van der Waals surface area contributed by atoms with Crippen molar-refractivity contribution in [2.75, 3.05) is 26.2 Å². The van der Waals surface area contributed by atoms with Crippen molar-refractivity contribution < 1.29 is 46.1 Å². The zero-order valence-corrected chi connectivity index (χ0v) is 17.8. The highest BCUT2D eigenvalue weighted by atomic mass is 19.4. The number of rotatable bonds is 4. The molecule has 182 valence electrons. The molecule has 6 nitrogen and oxygen atoms in total. The van der Waals surface area contributed by atoms with E-state index < -0.39 is 41.3 Å². The number of aliphatic hydroxyl groups excluding tert-OH is 1. The van der Waals surface area contributed by atoms with Gasteiger partial charge in [-0.2, -0.15) is 26.3 Å². The van der Waals surface area contributed by atoms with Crippen LogP contribution in [0.3, 0.4) is 0 Å². The third kappa shape index (κ3) is 5.65. The number of amides is 1. The molecule has 0 spiro atoms. The molecule has 1 fully saturated rings. The second kappa shape index (κ2) is 9.06. The Hall–Kier alpha value is -2.05. The van der Waals surface area contributed by atoms with E-state index in [1.807, 2.05) is 0 Å². The molecule has 1 saturated heterocycles. The minimum atomic E-state index is -5.95. The first kappa shape index (κ1) is 26.2. The van der Waals surface area contributed by atoms with Crippen LogP contribution in [0.2, 0.25) is 0 Å². The average Bonchev–Trinajstić information content (AvgIpc) is 2.65. The molecule has 0 aromatic heterocycles. The highest BCUT2D eigenvalue weighted by Crippen LogP contribution is 2.49. The molecule has 1 aromatic rings. The molecule has 0 bridgehead atoms. The van der Waals surface area contributed by atoms with E-state index in [-0.39, 0.29) is 26.2 Å². The number of nitrogens with zero attached hydrogens (tertiary/aromatic N) is 2. The molecule has 1 atom stereocenters. The third-order valence-corrected chi connectivity index (χ3v) is 5.04. The standard InChI is InChI=1S/C20H26F6N2O4/c1-17(2,3)32-16(30)28-9-8-27(15(11-28)12-29)10-13-4-6-14(7-5-13)18(31,19(21,22)23)20(24,25)26/h4-7,15,29,31H,8-12H2,1-3H3. The summed E-state index contributed by atoms with van der Waals surface area (Å²) in [5, 5.41) is 19.2. The number of piperazine rings is 1. The zero-order valence-electron chi connectivity index (χ0n) is 17.8.